The van der Waals surface area contributed by atoms with Crippen LogP contribution in [0.2, 0.25) is 0 Å². The van der Waals surface area contributed by atoms with E-state index in [4.69, 9.17) is 14.5 Å². The van der Waals surface area contributed by atoms with Gasteiger partial charge in [0.25, 0.3) is 0 Å². The largest absolute Gasteiger partial charge is 0.497 e. The van der Waals surface area contributed by atoms with E-state index in [0.29, 0.717) is 18.0 Å². The molecule has 0 aliphatic rings. The molecule has 5 nitrogen and oxygen atoms in total. The number of benzene rings is 2. The average Bonchev–Trinajstić information content (AvgIpc) is 3.28. The topological polar surface area (TPSA) is 52.8 Å². The lowest BCUT2D eigenvalue weighted by atomic mass is 10.1. The smallest absolute Gasteiger partial charge is 0.195 e. The van der Waals surface area contributed by atoms with Gasteiger partial charge in [0.15, 0.2) is 11.2 Å². The van der Waals surface area contributed by atoms with Crippen LogP contribution >= 0.6 is 11.3 Å². The summed E-state index contributed by atoms with van der Waals surface area (Å²) in [7, 11) is 1.62. The first kappa shape index (κ1) is 17.3. The van der Waals surface area contributed by atoms with E-state index in [-0.39, 0.29) is 0 Å². The molecule has 0 aliphatic heterocycles. The highest BCUT2D eigenvalue weighted by molar-refractivity contribution is 7.15. The van der Waals surface area contributed by atoms with Gasteiger partial charge in [-0.2, -0.15) is 0 Å². The number of carbonyl (C=O) groups is 1. The third kappa shape index (κ3) is 3.08. The Labute approximate surface area is 160 Å². The lowest BCUT2D eigenvalue weighted by molar-refractivity contribution is 0.111. The molecule has 0 saturated carbocycles. The van der Waals surface area contributed by atoms with E-state index in [9.17, 15) is 4.79 Å². The minimum absolute atomic E-state index is 0.531. The molecule has 2 aromatic carbocycles. The molecule has 2 aromatic heterocycles. The van der Waals surface area contributed by atoms with Crippen LogP contribution in [0.15, 0.2) is 53.9 Å². The second kappa shape index (κ2) is 7.25. The molecule has 0 unspecified atom stereocenters. The number of thiazole rings is 1. The van der Waals surface area contributed by atoms with E-state index in [1.54, 1.807) is 7.11 Å². The van der Waals surface area contributed by atoms with Crippen molar-refractivity contribution < 1.29 is 14.3 Å². The Kier molecular flexibility index (Phi) is 4.64. The zero-order valence-corrected chi connectivity index (χ0v) is 15.8. The van der Waals surface area contributed by atoms with Crippen molar-refractivity contribution in [2.45, 2.75) is 6.92 Å². The lowest BCUT2D eigenvalue weighted by Gasteiger charge is -2.06. The summed E-state index contributed by atoms with van der Waals surface area (Å²) < 4.78 is 12.7. The fraction of sp³-hybridized carbons (Fsp3) is 0.143. The van der Waals surface area contributed by atoms with E-state index in [1.165, 1.54) is 11.3 Å². The first-order valence-electron chi connectivity index (χ1n) is 8.58. The highest BCUT2D eigenvalue weighted by Crippen LogP contribution is 2.33. The normalized spacial score (nSPS) is 10.9. The molecule has 0 amide bonds. The van der Waals surface area contributed by atoms with E-state index < -0.39 is 0 Å². The first-order chi connectivity index (χ1) is 13.2. The van der Waals surface area contributed by atoms with Crippen molar-refractivity contribution in [3.05, 3.63) is 59.6 Å². The van der Waals surface area contributed by atoms with Gasteiger partial charge >= 0.3 is 0 Å². The molecule has 6 heteroatoms. The van der Waals surface area contributed by atoms with Gasteiger partial charge in [-0.25, -0.2) is 4.98 Å². The summed E-state index contributed by atoms with van der Waals surface area (Å²) in [6, 6.07) is 15.4. The van der Waals surface area contributed by atoms with Crippen LogP contribution in [0.25, 0.3) is 27.5 Å². The molecule has 4 aromatic rings. The second-order valence-corrected chi connectivity index (χ2v) is 6.73. The number of hydrogen-bond acceptors (Lipinski definition) is 5. The van der Waals surface area contributed by atoms with Crippen molar-refractivity contribution in [2.24, 2.45) is 0 Å². The fourth-order valence-electron chi connectivity index (χ4n) is 3.06. The summed E-state index contributed by atoms with van der Waals surface area (Å²) in [6.07, 6.45) is 0.861. The first-order valence-corrected chi connectivity index (χ1v) is 9.46. The molecule has 0 spiro atoms. The van der Waals surface area contributed by atoms with Crippen LogP contribution in [-0.2, 0) is 0 Å². The third-order valence-electron chi connectivity index (χ3n) is 4.32. The van der Waals surface area contributed by atoms with Crippen LogP contribution in [-0.4, -0.2) is 29.4 Å². The summed E-state index contributed by atoms with van der Waals surface area (Å²) in [5.41, 5.74) is 3.97. The van der Waals surface area contributed by atoms with Crippen molar-refractivity contribution >= 4 is 22.6 Å². The third-order valence-corrected chi connectivity index (χ3v) is 5.14. The number of nitrogens with zero attached hydrogens (tertiary/aromatic N) is 2. The summed E-state index contributed by atoms with van der Waals surface area (Å²) in [6.45, 7) is 2.58. The quantitative estimate of drug-likeness (QED) is 0.446. The van der Waals surface area contributed by atoms with Gasteiger partial charge in [-0.05, 0) is 48.9 Å². The lowest BCUT2D eigenvalue weighted by Crippen LogP contribution is -1.95. The van der Waals surface area contributed by atoms with Gasteiger partial charge in [-0.1, -0.05) is 12.1 Å². The molecule has 0 N–H and O–H groups in total. The molecule has 2 heterocycles. The monoisotopic (exact) mass is 378 g/mol. The van der Waals surface area contributed by atoms with Crippen molar-refractivity contribution in [3.8, 4) is 34.0 Å². The molecule has 0 atom stereocenters. The maximum absolute atomic E-state index is 11.9. The number of hydrogen-bond donors (Lipinski definition) is 0. The Morgan fingerprint density at radius 2 is 1.93 bits per heavy atom. The Morgan fingerprint density at radius 1 is 1.11 bits per heavy atom. The van der Waals surface area contributed by atoms with Gasteiger partial charge < -0.3 is 9.47 Å². The van der Waals surface area contributed by atoms with Gasteiger partial charge in [0.05, 0.1) is 19.4 Å². The fourth-order valence-corrected chi connectivity index (χ4v) is 3.97. The van der Waals surface area contributed by atoms with Gasteiger partial charge in [0.1, 0.15) is 22.9 Å². The molecular formula is C21H18N2O3S. The number of ether oxygens (including phenoxy) is 2. The van der Waals surface area contributed by atoms with Crippen LogP contribution < -0.4 is 9.47 Å². The van der Waals surface area contributed by atoms with Gasteiger partial charge in [-0.15, -0.1) is 11.3 Å². The second-order valence-electron chi connectivity index (χ2n) is 5.89. The standard InChI is InChI=1S/C21H18N2O3S/c1-3-26-16-9-7-14(8-10-16)19-13-27-21-22-20(18(12-24)23(19)21)15-5-4-6-17(11-15)25-2/h4-13H,3H2,1-2H3. The van der Waals surface area contributed by atoms with Gasteiger partial charge in [-0.3, -0.25) is 9.20 Å². The Hall–Kier alpha value is -3.12. The molecule has 0 saturated heterocycles. The van der Waals surface area contributed by atoms with Gasteiger partial charge in [0, 0.05) is 10.9 Å². The average molecular weight is 378 g/mol. The maximum atomic E-state index is 11.9. The minimum Gasteiger partial charge on any atom is -0.497 e. The summed E-state index contributed by atoms with van der Waals surface area (Å²) in [5, 5.41) is 2.01. The number of aromatic nitrogens is 2. The van der Waals surface area contributed by atoms with Crippen LogP contribution in [0.5, 0.6) is 11.5 Å². The molecule has 4 rings (SSSR count). The van der Waals surface area contributed by atoms with E-state index in [0.717, 1.165) is 39.6 Å². The van der Waals surface area contributed by atoms with Crippen LogP contribution in [0.3, 0.4) is 0 Å². The highest BCUT2D eigenvalue weighted by Gasteiger charge is 2.18. The Morgan fingerprint density at radius 3 is 2.63 bits per heavy atom. The number of rotatable bonds is 6. The van der Waals surface area contributed by atoms with Gasteiger partial charge in [0.2, 0.25) is 0 Å². The summed E-state index contributed by atoms with van der Waals surface area (Å²) in [4.78, 5) is 17.4. The summed E-state index contributed by atoms with van der Waals surface area (Å²) >= 11 is 1.51. The number of aldehydes is 1. The molecule has 0 radical (unpaired) electrons. The molecular weight excluding hydrogens is 360 g/mol. The SMILES string of the molecule is CCOc1ccc(-c2csc3nc(-c4cccc(OC)c4)c(C=O)n23)cc1. The van der Waals surface area contributed by atoms with Crippen molar-refractivity contribution in [3.63, 3.8) is 0 Å². The van der Waals surface area contributed by atoms with Crippen molar-refractivity contribution in [1.29, 1.82) is 0 Å². The minimum atomic E-state index is 0.531. The van der Waals surface area contributed by atoms with E-state index in [2.05, 4.69) is 0 Å². The molecule has 0 fully saturated rings. The molecule has 27 heavy (non-hydrogen) atoms. The maximum Gasteiger partial charge on any atom is 0.195 e. The van der Waals surface area contributed by atoms with Crippen LogP contribution in [0.4, 0.5) is 0 Å². The summed E-state index contributed by atoms with van der Waals surface area (Å²) in [5.74, 6) is 1.55. The van der Waals surface area contributed by atoms with E-state index in [1.807, 2.05) is 65.2 Å². The molecule has 136 valence electrons. The van der Waals surface area contributed by atoms with Crippen molar-refractivity contribution in [1.82, 2.24) is 9.38 Å². The number of fused-ring (bicyclic) bond motifs is 1. The van der Waals surface area contributed by atoms with Crippen LogP contribution in [0.1, 0.15) is 17.4 Å². The van der Waals surface area contributed by atoms with Crippen molar-refractivity contribution in [2.75, 3.05) is 13.7 Å². The molecule has 0 bridgehead atoms. The Bertz CT molecular complexity index is 1100. The number of imidazole rings is 1. The highest BCUT2D eigenvalue weighted by atomic mass is 32.1. The zero-order chi connectivity index (χ0) is 18.8. The predicted molar refractivity (Wildman–Crippen MR) is 107 cm³/mol. The Balaban J connectivity index is 1.84. The zero-order valence-electron chi connectivity index (χ0n) is 15.0. The van der Waals surface area contributed by atoms with E-state index >= 15 is 0 Å². The molecule has 0 aliphatic carbocycles. The predicted octanol–water partition coefficient (Wildman–Crippen LogP) is 4.95. The number of methoxy groups -OCH3 is 1. The number of carbonyl (C=O) groups excluding carboxylic acids is 1. The van der Waals surface area contributed by atoms with Crippen LogP contribution in [0, 0.1) is 0 Å².